The van der Waals surface area contributed by atoms with Crippen LogP contribution in [0.25, 0.3) is 22.0 Å². The van der Waals surface area contributed by atoms with Crippen molar-refractivity contribution < 1.29 is 4.79 Å². The standard InChI is InChI=1S/C20H16Cl2N4O/c1-2-19(27)26-9-12(10-26)25-20-15-7-14(13-5-3-4-6-16(13)21)17(22)8-18(15)23-11-24-20/h2-8,11-12H,1,9-10H2,(H,23,24,25). The molecule has 0 spiro atoms. The van der Waals surface area contributed by atoms with Crippen LogP contribution >= 0.6 is 23.2 Å². The molecule has 0 bridgehead atoms. The van der Waals surface area contributed by atoms with Crippen molar-refractivity contribution >= 4 is 45.8 Å². The second kappa shape index (κ2) is 7.18. The molecule has 4 rings (SSSR count). The molecule has 1 aliphatic heterocycles. The Morgan fingerprint density at radius 2 is 1.93 bits per heavy atom. The minimum atomic E-state index is -0.0617. The van der Waals surface area contributed by atoms with E-state index < -0.39 is 0 Å². The first-order valence-corrected chi connectivity index (χ1v) is 9.19. The van der Waals surface area contributed by atoms with Crippen LogP contribution < -0.4 is 5.32 Å². The summed E-state index contributed by atoms with van der Waals surface area (Å²) in [4.78, 5) is 22.0. The van der Waals surface area contributed by atoms with Crippen molar-refractivity contribution in [3.8, 4) is 11.1 Å². The zero-order chi connectivity index (χ0) is 19.0. The Morgan fingerprint density at radius 3 is 2.67 bits per heavy atom. The van der Waals surface area contributed by atoms with E-state index in [1.165, 1.54) is 12.4 Å². The number of benzene rings is 2. The molecule has 1 aliphatic rings. The molecule has 0 radical (unpaired) electrons. The van der Waals surface area contributed by atoms with Crippen molar-refractivity contribution in [1.82, 2.24) is 14.9 Å². The van der Waals surface area contributed by atoms with Gasteiger partial charge in [-0.1, -0.05) is 48.0 Å². The molecule has 3 aromatic rings. The summed E-state index contributed by atoms with van der Waals surface area (Å²) in [5, 5.41) is 5.44. The highest BCUT2D eigenvalue weighted by Gasteiger charge is 2.29. The summed E-state index contributed by atoms with van der Waals surface area (Å²) in [7, 11) is 0. The topological polar surface area (TPSA) is 58.1 Å². The van der Waals surface area contributed by atoms with E-state index >= 15 is 0 Å². The van der Waals surface area contributed by atoms with Crippen molar-refractivity contribution in [2.75, 3.05) is 18.4 Å². The molecule has 1 N–H and O–H groups in total. The van der Waals surface area contributed by atoms with Crippen molar-refractivity contribution in [3.05, 3.63) is 65.4 Å². The number of rotatable bonds is 4. The van der Waals surface area contributed by atoms with Gasteiger partial charge in [-0.25, -0.2) is 9.97 Å². The molecule has 5 nitrogen and oxygen atoms in total. The number of likely N-dealkylation sites (tertiary alicyclic amines) is 1. The number of carbonyl (C=O) groups excluding carboxylic acids is 1. The van der Waals surface area contributed by atoms with E-state index in [1.807, 2.05) is 36.4 Å². The second-order valence-electron chi connectivity index (χ2n) is 6.34. The van der Waals surface area contributed by atoms with Crippen LogP contribution in [0, 0.1) is 0 Å². The predicted molar refractivity (Wildman–Crippen MR) is 109 cm³/mol. The van der Waals surface area contributed by atoms with E-state index in [-0.39, 0.29) is 11.9 Å². The highest BCUT2D eigenvalue weighted by molar-refractivity contribution is 6.37. The van der Waals surface area contributed by atoms with Gasteiger partial charge in [0.2, 0.25) is 5.91 Å². The number of fused-ring (bicyclic) bond motifs is 1. The van der Waals surface area contributed by atoms with Crippen molar-refractivity contribution in [1.29, 1.82) is 0 Å². The molecule has 27 heavy (non-hydrogen) atoms. The summed E-state index contributed by atoms with van der Waals surface area (Å²) < 4.78 is 0. The van der Waals surface area contributed by atoms with Crippen LogP contribution in [0.1, 0.15) is 0 Å². The summed E-state index contributed by atoms with van der Waals surface area (Å²) in [5.74, 6) is 0.647. The third kappa shape index (κ3) is 3.36. The van der Waals surface area contributed by atoms with Gasteiger partial charge in [0.15, 0.2) is 0 Å². The Labute approximate surface area is 166 Å². The molecule has 1 fully saturated rings. The van der Waals surface area contributed by atoms with Gasteiger partial charge in [-0.3, -0.25) is 4.79 Å². The van der Waals surface area contributed by atoms with Gasteiger partial charge in [-0.2, -0.15) is 0 Å². The molecule has 0 saturated carbocycles. The maximum atomic E-state index is 11.6. The van der Waals surface area contributed by atoms with Gasteiger partial charge in [-0.05, 0) is 24.3 Å². The number of halogens is 2. The number of aromatic nitrogens is 2. The van der Waals surface area contributed by atoms with Gasteiger partial charge in [0, 0.05) is 34.6 Å². The van der Waals surface area contributed by atoms with Crippen molar-refractivity contribution in [2.45, 2.75) is 6.04 Å². The van der Waals surface area contributed by atoms with Crippen LogP contribution in [0.5, 0.6) is 0 Å². The average Bonchev–Trinajstić information content (AvgIpc) is 2.64. The molecule has 1 saturated heterocycles. The van der Waals surface area contributed by atoms with Gasteiger partial charge >= 0.3 is 0 Å². The zero-order valence-electron chi connectivity index (χ0n) is 14.3. The second-order valence-corrected chi connectivity index (χ2v) is 7.15. The van der Waals surface area contributed by atoms with Crippen LogP contribution in [0.4, 0.5) is 5.82 Å². The lowest BCUT2D eigenvalue weighted by atomic mass is 10.0. The quantitative estimate of drug-likeness (QED) is 0.661. The fourth-order valence-electron chi connectivity index (χ4n) is 3.15. The average molecular weight is 399 g/mol. The lowest BCUT2D eigenvalue weighted by Gasteiger charge is -2.39. The fraction of sp³-hybridized carbons (Fsp3) is 0.150. The largest absolute Gasteiger partial charge is 0.363 e. The molecule has 1 amide bonds. The third-order valence-electron chi connectivity index (χ3n) is 4.60. The zero-order valence-corrected chi connectivity index (χ0v) is 15.8. The lowest BCUT2D eigenvalue weighted by molar-refractivity contribution is -0.129. The molecule has 1 aromatic heterocycles. The van der Waals surface area contributed by atoms with Crippen LogP contribution in [0.2, 0.25) is 10.0 Å². The van der Waals surface area contributed by atoms with Gasteiger partial charge in [0.25, 0.3) is 0 Å². The molecular formula is C20H16Cl2N4O. The molecule has 136 valence electrons. The molecule has 2 heterocycles. The molecule has 0 aliphatic carbocycles. The van der Waals surface area contributed by atoms with E-state index in [2.05, 4.69) is 21.9 Å². The summed E-state index contributed by atoms with van der Waals surface area (Å²) in [5.41, 5.74) is 2.42. The number of hydrogen-bond donors (Lipinski definition) is 1. The van der Waals surface area contributed by atoms with Crippen LogP contribution in [0.15, 0.2) is 55.4 Å². The Balaban J connectivity index is 1.68. The highest BCUT2D eigenvalue weighted by atomic mass is 35.5. The maximum absolute atomic E-state index is 11.6. The van der Waals surface area contributed by atoms with E-state index in [0.29, 0.717) is 29.0 Å². The summed E-state index contributed by atoms with van der Waals surface area (Å²) >= 11 is 12.8. The lowest BCUT2D eigenvalue weighted by Crippen LogP contribution is -2.56. The molecule has 0 unspecified atom stereocenters. The summed E-state index contributed by atoms with van der Waals surface area (Å²) in [6, 6.07) is 11.5. The first kappa shape index (κ1) is 17.8. The normalized spacial score (nSPS) is 14.1. The van der Waals surface area contributed by atoms with E-state index in [0.717, 1.165) is 22.0 Å². The first-order chi connectivity index (χ1) is 13.1. The number of nitrogens with zero attached hydrogens (tertiary/aromatic N) is 3. The van der Waals surface area contributed by atoms with E-state index in [4.69, 9.17) is 23.2 Å². The fourth-order valence-corrected chi connectivity index (χ4v) is 3.65. The molecule has 7 heteroatoms. The number of nitrogens with one attached hydrogen (secondary N) is 1. The minimum absolute atomic E-state index is 0.0617. The summed E-state index contributed by atoms with van der Waals surface area (Å²) in [6.07, 6.45) is 2.83. The van der Waals surface area contributed by atoms with Crippen molar-refractivity contribution in [3.63, 3.8) is 0 Å². The monoisotopic (exact) mass is 398 g/mol. The van der Waals surface area contributed by atoms with Crippen LogP contribution in [-0.4, -0.2) is 39.9 Å². The maximum Gasteiger partial charge on any atom is 0.246 e. The van der Waals surface area contributed by atoms with Crippen molar-refractivity contribution in [2.24, 2.45) is 0 Å². The number of hydrogen-bond acceptors (Lipinski definition) is 4. The molecule has 0 atom stereocenters. The predicted octanol–water partition coefficient (Wildman–Crippen LogP) is 4.41. The van der Waals surface area contributed by atoms with Crippen LogP contribution in [-0.2, 0) is 4.79 Å². The smallest absolute Gasteiger partial charge is 0.246 e. The first-order valence-electron chi connectivity index (χ1n) is 8.44. The number of amides is 1. The van der Waals surface area contributed by atoms with Gasteiger partial charge < -0.3 is 10.2 Å². The Morgan fingerprint density at radius 1 is 1.15 bits per heavy atom. The van der Waals surface area contributed by atoms with Crippen LogP contribution in [0.3, 0.4) is 0 Å². The minimum Gasteiger partial charge on any atom is -0.363 e. The SMILES string of the molecule is C=CC(=O)N1CC(Nc2ncnc3cc(Cl)c(-c4ccccc4Cl)cc23)C1. The van der Waals surface area contributed by atoms with Gasteiger partial charge in [-0.15, -0.1) is 0 Å². The number of carbonyl (C=O) groups is 1. The van der Waals surface area contributed by atoms with E-state index in [9.17, 15) is 4.79 Å². The Bertz CT molecular complexity index is 1050. The van der Waals surface area contributed by atoms with Gasteiger partial charge in [0.1, 0.15) is 12.1 Å². The Kier molecular flexibility index (Phi) is 4.72. The Hall–Kier alpha value is -2.63. The van der Waals surface area contributed by atoms with Gasteiger partial charge in [0.05, 0.1) is 16.6 Å². The summed E-state index contributed by atoms with van der Waals surface area (Å²) in [6.45, 7) is 4.74. The highest BCUT2D eigenvalue weighted by Crippen LogP contribution is 2.37. The molecular weight excluding hydrogens is 383 g/mol. The molecule has 2 aromatic carbocycles. The third-order valence-corrected chi connectivity index (χ3v) is 5.24. The number of anilines is 1. The van der Waals surface area contributed by atoms with E-state index in [1.54, 1.807) is 4.90 Å².